The highest BCUT2D eigenvalue weighted by Gasteiger charge is 2.10. The molecular formula is C19H18N6O2. The molecule has 0 bridgehead atoms. The first-order chi connectivity index (χ1) is 13.1. The normalized spacial score (nSPS) is 11.0. The molecule has 0 radical (unpaired) electrons. The van der Waals surface area contributed by atoms with Gasteiger partial charge in [-0.05, 0) is 11.6 Å². The van der Waals surface area contributed by atoms with Crippen molar-refractivity contribution in [3.05, 3.63) is 76.3 Å². The largest absolute Gasteiger partial charge is 0.339 e. The number of hydrogen-bond donors (Lipinski definition) is 0. The molecule has 27 heavy (non-hydrogen) atoms. The van der Waals surface area contributed by atoms with Crippen molar-refractivity contribution in [1.29, 1.82) is 0 Å². The van der Waals surface area contributed by atoms with Gasteiger partial charge >= 0.3 is 0 Å². The van der Waals surface area contributed by atoms with Crippen molar-refractivity contribution in [2.24, 2.45) is 7.05 Å². The lowest BCUT2D eigenvalue weighted by Crippen LogP contribution is -2.16. The van der Waals surface area contributed by atoms with Crippen LogP contribution in [0.3, 0.4) is 0 Å². The Morgan fingerprint density at radius 3 is 2.85 bits per heavy atom. The molecule has 136 valence electrons. The highest BCUT2D eigenvalue weighted by atomic mass is 16.5. The summed E-state index contributed by atoms with van der Waals surface area (Å²) in [5, 5.41) is 12.6. The van der Waals surface area contributed by atoms with E-state index >= 15 is 0 Å². The Morgan fingerprint density at radius 2 is 2.11 bits per heavy atom. The zero-order valence-corrected chi connectivity index (χ0v) is 15.0. The van der Waals surface area contributed by atoms with Crippen molar-refractivity contribution in [2.75, 3.05) is 0 Å². The van der Waals surface area contributed by atoms with Crippen LogP contribution < -0.4 is 5.43 Å². The average molecular weight is 362 g/mol. The van der Waals surface area contributed by atoms with Crippen LogP contribution in [0.15, 0.2) is 58.2 Å². The van der Waals surface area contributed by atoms with Gasteiger partial charge in [0.1, 0.15) is 11.4 Å². The van der Waals surface area contributed by atoms with Crippen LogP contribution in [0.4, 0.5) is 0 Å². The molecule has 0 aliphatic carbocycles. The summed E-state index contributed by atoms with van der Waals surface area (Å²) in [5.41, 5.74) is 2.95. The van der Waals surface area contributed by atoms with Gasteiger partial charge in [0, 0.05) is 37.7 Å². The van der Waals surface area contributed by atoms with E-state index in [1.54, 1.807) is 21.8 Å². The van der Waals surface area contributed by atoms with Gasteiger partial charge in [0.25, 0.3) is 0 Å². The fraction of sp³-hybridized carbons (Fsp3) is 0.211. The first kappa shape index (κ1) is 16.9. The van der Waals surface area contributed by atoms with Gasteiger partial charge in [-0.15, -0.1) is 0 Å². The van der Waals surface area contributed by atoms with Crippen LogP contribution in [-0.2, 0) is 19.9 Å². The van der Waals surface area contributed by atoms with Crippen LogP contribution in [0.2, 0.25) is 0 Å². The quantitative estimate of drug-likeness (QED) is 0.540. The zero-order valence-electron chi connectivity index (χ0n) is 15.0. The van der Waals surface area contributed by atoms with Gasteiger partial charge in [-0.1, -0.05) is 30.3 Å². The van der Waals surface area contributed by atoms with Gasteiger partial charge in [-0.3, -0.25) is 9.48 Å². The second-order valence-electron chi connectivity index (χ2n) is 6.19. The SMILES string of the molecule is CCc1nc(-c2cccc(Cc3nn(-c4cnn(C)c4)ccc3=O)c2)no1. The maximum absolute atomic E-state index is 12.3. The Morgan fingerprint density at radius 1 is 1.22 bits per heavy atom. The lowest BCUT2D eigenvalue weighted by atomic mass is 10.1. The molecule has 0 spiro atoms. The molecule has 0 saturated heterocycles. The molecule has 0 aliphatic rings. The third-order valence-corrected chi connectivity index (χ3v) is 4.16. The van der Waals surface area contributed by atoms with Crippen LogP contribution in [0.5, 0.6) is 0 Å². The third-order valence-electron chi connectivity index (χ3n) is 4.16. The van der Waals surface area contributed by atoms with Crippen LogP contribution in [0.1, 0.15) is 24.1 Å². The summed E-state index contributed by atoms with van der Waals surface area (Å²) < 4.78 is 8.52. The lowest BCUT2D eigenvalue weighted by molar-refractivity contribution is 0.383. The summed E-state index contributed by atoms with van der Waals surface area (Å²) in [6.45, 7) is 1.96. The summed E-state index contributed by atoms with van der Waals surface area (Å²) in [6.07, 6.45) is 6.28. The molecule has 0 fully saturated rings. The zero-order chi connectivity index (χ0) is 18.8. The van der Waals surface area contributed by atoms with Crippen molar-refractivity contribution in [3.63, 3.8) is 0 Å². The van der Waals surface area contributed by atoms with E-state index in [0.717, 1.165) is 16.8 Å². The maximum Gasteiger partial charge on any atom is 0.226 e. The number of rotatable bonds is 5. The summed E-state index contributed by atoms with van der Waals surface area (Å²) in [4.78, 5) is 16.6. The highest BCUT2D eigenvalue weighted by Crippen LogP contribution is 2.18. The van der Waals surface area contributed by atoms with Gasteiger partial charge < -0.3 is 4.52 Å². The minimum atomic E-state index is -0.103. The Balaban J connectivity index is 1.64. The number of nitrogens with zero attached hydrogens (tertiary/aromatic N) is 6. The van der Waals surface area contributed by atoms with E-state index < -0.39 is 0 Å². The fourth-order valence-corrected chi connectivity index (χ4v) is 2.77. The second kappa shape index (κ2) is 6.99. The van der Waals surface area contributed by atoms with E-state index in [9.17, 15) is 4.79 Å². The summed E-state index contributed by atoms with van der Waals surface area (Å²) >= 11 is 0. The van der Waals surface area contributed by atoms with Crippen molar-refractivity contribution in [1.82, 2.24) is 29.7 Å². The molecule has 0 unspecified atom stereocenters. The number of aryl methyl sites for hydroxylation is 2. The standard InChI is InChI=1S/C19H18N6O2/c1-3-18-21-19(23-27-18)14-6-4-5-13(9-14)10-16-17(26)7-8-25(22-16)15-11-20-24(2)12-15/h4-9,11-12H,3,10H2,1-2H3. The van der Waals surface area contributed by atoms with Gasteiger partial charge in [0.05, 0.1) is 12.4 Å². The molecule has 0 N–H and O–H groups in total. The van der Waals surface area contributed by atoms with Crippen molar-refractivity contribution < 1.29 is 4.52 Å². The van der Waals surface area contributed by atoms with E-state index in [2.05, 4.69) is 20.3 Å². The first-order valence-corrected chi connectivity index (χ1v) is 8.62. The Bertz CT molecular complexity index is 1140. The van der Waals surface area contributed by atoms with Gasteiger partial charge in [-0.25, -0.2) is 4.68 Å². The van der Waals surface area contributed by atoms with Crippen LogP contribution in [0.25, 0.3) is 17.1 Å². The van der Waals surface area contributed by atoms with E-state index in [0.29, 0.717) is 30.3 Å². The van der Waals surface area contributed by atoms with E-state index in [1.165, 1.54) is 6.07 Å². The smallest absolute Gasteiger partial charge is 0.226 e. The van der Waals surface area contributed by atoms with Gasteiger partial charge in [0.2, 0.25) is 17.1 Å². The summed E-state index contributed by atoms with van der Waals surface area (Å²) in [5.74, 6) is 1.14. The Hall–Kier alpha value is -3.55. The van der Waals surface area contributed by atoms with E-state index in [-0.39, 0.29) is 5.43 Å². The molecule has 1 aromatic carbocycles. The monoisotopic (exact) mass is 362 g/mol. The molecular weight excluding hydrogens is 344 g/mol. The second-order valence-corrected chi connectivity index (χ2v) is 6.19. The minimum absolute atomic E-state index is 0.103. The molecule has 8 nitrogen and oxygen atoms in total. The third kappa shape index (κ3) is 3.55. The van der Waals surface area contributed by atoms with Gasteiger partial charge in [0.15, 0.2) is 0 Å². The molecule has 0 amide bonds. The van der Waals surface area contributed by atoms with Gasteiger partial charge in [-0.2, -0.15) is 15.2 Å². The summed E-state index contributed by atoms with van der Waals surface area (Å²) in [6, 6.07) is 9.25. The number of aromatic nitrogens is 6. The van der Waals surface area contributed by atoms with E-state index in [4.69, 9.17) is 4.52 Å². The lowest BCUT2D eigenvalue weighted by Gasteiger charge is -2.06. The van der Waals surface area contributed by atoms with Crippen molar-refractivity contribution >= 4 is 0 Å². The minimum Gasteiger partial charge on any atom is -0.339 e. The van der Waals surface area contributed by atoms with E-state index in [1.807, 2.05) is 44.4 Å². The van der Waals surface area contributed by atoms with Crippen LogP contribution >= 0.6 is 0 Å². The maximum atomic E-state index is 12.3. The molecule has 4 rings (SSSR count). The van der Waals surface area contributed by atoms with Crippen LogP contribution in [0, 0.1) is 0 Å². The van der Waals surface area contributed by atoms with Crippen molar-refractivity contribution in [2.45, 2.75) is 19.8 Å². The molecule has 0 atom stereocenters. The molecule has 3 aromatic heterocycles. The fourth-order valence-electron chi connectivity index (χ4n) is 2.77. The Kier molecular flexibility index (Phi) is 4.37. The highest BCUT2D eigenvalue weighted by molar-refractivity contribution is 5.55. The molecule has 0 saturated carbocycles. The predicted molar refractivity (Wildman–Crippen MR) is 98.5 cm³/mol. The van der Waals surface area contributed by atoms with Crippen LogP contribution in [-0.4, -0.2) is 29.7 Å². The van der Waals surface area contributed by atoms with Crippen molar-refractivity contribution in [3.8, 4) is 17.1 Å². The Labute approximate surface area is 155 Å². The summed E-state index contributed by atoms with van der Waals surface area (Å²) in [7, 11) is 1.83. The first-order valence-electron chi connectivity index (χ1n) is 8.62. The molecule has 3 heterocycles. The molecule has 8 heteroatoms. The predicted octanol–water partition coefficient (Wildman–Crippen LogP) is 2.17. The average Bonchev–Trinajstić information content (AvgIpc) is 3.33. The topological polar surface area (TPSA) is 91.6 Å². The number of benzene rings is 1. The molecule has 4 aromatic rings. The molecule has 0 aliphatic heterocycles. The number of hydrogen-bond acceptors (Lipinski definition) is 6.